The number of carbonyl (C=O) groups excluding carboxylic acids is 2. The summed E-state index contributed by atoms with van der Waals surface area (Å²) >= 11 is 0. The van der Waals surface area contributed by atoms with Crippen LogP contribution in [-0.4, -0.2) is 70.0 Å². The van der Waals surface area contributed by atoms with Crippen molar-refractivity contribution in [2.45, 2.75) is 187 Å². The number of ether oxygens (including phenoxy) is 2. The van der Waals surface area contributed by atoms with E-state index in [1.54, 1.807) is 0 Å². The Labute approximate surface area is 356 Å². The van der Waals surface area contributed by atoms with E-state index in [1.165, 1.54) is 83.5 Å². The molecule has 0 fully saturated rings. The smallest absolute Gasteiger partial charge is 0.306 e. The van der Waals surface area contributed by atoms with Gasteiger partial charge in [0.15, 0.2) is 6.10 Å². The van der Waals surface area contributed by atoms with Gasteiger partial charge in [-0.3, -0.25) is 14.2 Å². The molecule has 0 aromatic rings. The minimum atomic E-state index is -4.64. The summed E-state index contributed by atoms with van der Waals surface area (Å²) in [4.78, 5) is 37.6. The lowest BCUT2D eigenvalue weighted by molar-refractivity contribution is -0.870. The minimum absolute atomic E-state index is 0.0401. The van der Waals surface area contributed by atoms with E-state index in [0.29, 0.717) is 23.9 Å². The zero-order chi connectivity index (χ0) is 42.8. The van der Waals surface area contributed by atoms with Crippen LogP contribution in [0.4, 0.5) is 0 Å². The van der Waals surface area contributed by atoms with Crippen molar-refractivity contribution in [3.63, 3.8) is 0 Å². The second kappa shape index (κ2) is 40.1. The highest BCUT2D eigenvalue weighted by Gasteiger charge is 2.21. The number of esters is 2. The summed E-state index contributed by atoms with van der Waals surface area (Å²) < 4.78 is 33.9. The molecule has 0 aliphatic heterocycles. The molecule has 0 N–H and O–H groups in total. The molecule has 0 rings (SSSR count). The SMILES string of the molecule is CC/C=C\C/C=C\C/C=C\C/C=C\CCCCC(=O)OC[C@H](COP(=O)([O-])OCC[N+](C)(C)C)OC(=O)CCCCCCCCCCC/C=C\CCCCCCCC. The third-order valence-corrected chi connectivity index (χ3v) is 10.5. The molecular formula is C48H86NO8P. The van der Waals surface area contributed by atoms with Gasteiger partial charge in [-0.25, -0.2) is 0 Å². The van der Waals surface area contributed by atoms with Crippen LogP contribution >= 0.6 is 7.82 Å². The largest absolute Gasteiger partial charge is 0.756 e. The van der Waals surface area contributed by atoms with Gasteiger partial charge in [0, 0.05) is 12.8 Å². The molecule has 0 heterocycles. The van der Waals surface area contributed by atoms with Crippen molar-refractivity contribution in [2.24, 2.45) is 0 Å². The van der Waals surface area contributed by atoms with Crippen LogP contribution in [0.25, 0.3) is 0 Å². The number of rotatable bonds is 41. The van der Waals surface area contributed by atoms with Crippen molar-refractivity contribution < 1.29 is 42.1 Å². The molecule has 0 radical (unpaired) electrons. The van der Waals surface area contributed by atoms with E-state index in [0.717, 1.165) is 57.8 Å². The molecule has 0 amide bonds. The van der Waals surface area contributed by atoms with E-state index >= 15 is 0 Å². The van der Waals surface area contributed by atoms with Gasteiger partial charge in [0.2, 0.25) is 0 Å². The predicted octanol–water partition coefficient (Wildman–Crippen LogP) is 12.6. The quantitative estimate of drug-likeness (QED) is 0.0197. The van der Waals surface area contributed by atoms with Gasteiger partial charge in [0.1, 0.15) is 19.8 Å². The molecule has 0 aliphatic rings. The molecule has 0 saturated heterocycles. The van der Waals surface area contributed by atoms with E-state index in [-0.39, 0.29) is 26.1 Å². The Bertz CT molecular complexity index is 1170. The first kappa shape index (κ1) is 55.7. The molecule has 2 atom stereocenters. The Morgan fingerprint density at radius 3 is 1.52 bits per heavy atom. The highest BCUT2D eigenvalue weighted by atomic mass is 31.2. The van der Waals surface area contributed by atoms with Crippen LogP contribution in [0.5, 0.6) is 0 Å². The number of hydrogen-bond donors (Lipinski definition) is 0. The van der Waals surface area contributed by atoms with E-state index in [4.69, 9.17) is 18.5 Å². The first-order chi connectivity index (χ1) is 28.0. The number of phosphoric acid groups is 1. The number of allylic oxidation sites excluding steroid dienone is 10. The minimum Gasteiger partial charge on any atom is -0.756 e. The highest BCUT2D eigenvalue weighted by Crippen LogP contribution is 2.38. The fraction of sp³-hybridized carbons (Fsp3) is 0.750. The summed E-state index contributed by atoms with van der Waals surface area (Å²) in [6, 6.07) is 0. The van der Waals surface area contributed by atoms with Gasteiger partial charge in [0.25, 0.3) is 7.82 Å². The van der Waals surface area contributed by atoms with Crippen molar-refractivity contribution in [3.05, 3.63) is 60.8 Å². The normalized spacial score (nSPS) is 14.1. The lowest BCUT2D eigenvalue weighted by atomic mass is 10.1. The van der Waals surface area contributed by atoms with Crippen LogP contribution in [0.2, 0.25) is 0 Å². The Hall–Kier alpha value is -2.29. The summed E-state index contributed by atoms with van der Waals surface area (Å²) in [6.45, 7) is 4.05. The van der Waals surface area contributed by atoms with Crippen LogP contribution in [0.1, 0.15) is 181 Å². The molecule has 0 bridgehead atoms. The van der Waals surface area contributed by atoms with Crippen molar-refractivity contribution in [3.8, 4) is 0 Å². The maximum atomic E-state index is 12.7. The third kappa shape index (κ3) is 43.3. The van der Waals surface area contributed by atoms with Crippen LogP contribution in [0, 0.1) is 0 Å². The average Bonchev–Trinajstić information content (AvgIpc) is 3.17. The second-order valence-electron chi connectivity index (χ2n) is 16.4. The lowest BCUT2D eigenvalue weighted by Crippen LogP contribution is -2.37. The molecule has 0 saturated carbocycles. The summed E-state index contributed by atoms with van der Waals surface area (Å²) in [5.41, 5.74) is 0. The Kier molecular flexibility index (Phi) is 38.5. The first-order valence-electron chi connectivity index (χ1n) is 23.0. The molecular weight excluding hydrogens is 750 g/mol. The number of hydrogen-bond acceptors (Lipinski definition) is 8. The van der Waals surface area contributed by atoms with Crippen LogP contribution in [0.15, 0.2) is 60.8 Å². The van der Waals surface area contributed by atoms with Gasteiger partial charge < -0.3 is 27.9 Å². The van der Waals surface area contributed by atoms with Gasteiger partial charge in [-0.15, -0.1) is 0 Å². The van der Waals surface area contributed by atoms with Gasteiger partial charge in [-0.2, -0.15) is 0 Å². The van der Waals surface area contributed by atoms with Gasteiger partial charge in [-0.1, -0.05) is 152 Å². The number of likely N-dealkylation sites (N-methyl/N-ethyl adjacent to an activating group) is 1. The summed E-state index contributed by atoms with van der Waals surface area (Å²) in [5.74, 6) is -0.887. The number of carbonyl (C=O) groups is 2. The zero-order valence-corrected chi connectivity index (χ0v) is 38.6. The third-order valence-electron chi connectivity index (χ3n) is 9.52. The van der Waals surface area contributed by atoms with Crippen LogP contribution in [0.3, 0.4) is 0 Å². The topological polar surface area (TPSA) is 111 Å². The molecule has 9 nitrogen and oxygen atoms in total. The van der Waals surface area contributed by atoms with E-state index in [2.05, 4.69) is 74.6 Å². The predicted molar refractivity (Wildman–Crippen MR) is 240 cm³/mol. The molecule has 0 aromatic carbocycles. The molecule has 336 valence electrons. The molecule has 10 heteroatoms. The van der Waals surface area contributed by atoms with Gasteiger partial charge >= 0.3 is 11.9 Å². The van der Waals surface area contributed by atoms with Crippen molar-refractivity contribution in [1.82, 2.24) is 0 Å². The maximum Gasteiger partial charge on any atom is 0.306 e. The molecule has 0 spiro atoms. The van der Waals surface area contributed by atoms with E-state index in [1.807, 2.05) is 21.1 Å². The number of phosphoric ester groups is 1. The Balaban J connectivity index is 4.38. The number of unbranched alkanes of at least 4 members (excludes halogenated alkanes) is 17. The lowest BCUT2D eigenvalue weighted by Gasteiger charge is -2.28. The van der Waals surface area contributed by atoms with E-state index < -0.39 is 32.5 Å². The standard InChI is InChI=1S/C48H86NO8P/c1-6-8-10-12-14-16-18-20-22-23-24-25-27-29-31-33-35-37-39-41-48(51)57-46(45-56-58(52,53)55-43-42-49(3,4)5)44-54-47(50)40-38-36-34-32-30-28-26-21-19-17-15-13-11-9-7-2/h9,11,15,17,20-22,26,30,32,46H,6-8,10,12-14,16,18-19,23-25,27-29,31,33-45H2,1-5H3/b11-9-,17-15-,22-20-,26-21-,32-30-/t46-/m1/s1. The van der Waals surface area contributed by atoms with Gasteiger partial charge in [0.05, 0.1) is 27.7 Å². The molecule has 0 aliphatic carbocycles. The summed E-state index contributed by atoms with van der Waals surface area (Å²) in [5, 5.41) is 0. The van der Waals surface area contributed by atoms with Crippen molar-refractivity contribution >= 4 is 19.8 Å². The van der Waals surface area contributed by atoms with Crippen LogP contribution in [-0.2, 0) is 32.7 Å². The average molecular weight is 836 g/mol. The Morgan fingerprint density at radius 1 is 0.552 bits per heavy atom. The first-order valence-corrected chi connectivity index (χ1v) is 24.5. The fourth-order valence-electron chi connectivity index (χ4n) is 5.93. The number of quaternary nitrogens is 1. The second-order valence-corrected chi connectivity index (χ2v) is 17.8. The molecule has 1 unspecified atom stereocenters. The van der Waals surface area contributed by atoms with Crippen LogP contribution < -0.4 is 4.89 Å². The Morgan fingerprint density at radius 2 is 0.983 bits per heavy atom. The maximum absolute atomic E-state index is 12.7. The highest BCUT2D eigenvalue weighted by molar-refractivity contribution is 7.45. The number of nitrogens with zero attached hydrogens (tertiary/aromatic N) is 1. The fourth-order valence-corrected chi connectivity index (χ4v) is 6.66. The molecule has 0 aromatic heterocycles. The van der Waals surface area contributed by atoms with E-state index in [9.17, 15) is 19.0 Å². The monoisotopic (exact) mass is 836 g/mol. The van der Waals surface area contributed by atoms with Crippen molar-refractivity contribution in [2.75, 3.05) is 47.5 Å². The summed E-state index contributed by atoms with van der Waals surface area (Å²) in [6.07, 6.45) is 48.2. The van der Waals surface area contributed by atoms with Crippen molar-refractivity contribution in [1.29, 1.82) is 0 Å². The molecule has 58 heavy (non-hydrogen) atoms. The zero-order valence-electron chi connectivity index (χ0n) is 37.7. The van der Waals surface area contributed by atoms with Gasteiger partial charge in [-0.05, 0) is 77.0 Å². The summed E-state index contributed by atoms with van der Waals surface area (Å²) in [7, 11) is 1.13.